The first-order chi connectivity index (χ1) is 29.7. The lowest BCUT2D eigenvalue weighted by molar-refractivity contribution is 0.0695. The van der Waals surface area contributed by atoms with Gasteiger partial charge in [-0.05, 0) is 109 Å². The number of carbonyl (C=O) groups is 4. The van der Waals surface area contributed by atoms with Crippen molar-refractivity contribution in [3.63, 3.8) is 0 Å². The SMILES string of the molecule is CCC(CC)N(CCN(C)C(=O)c1cccc(S(=O)(=O)O)c1)Cc1cccc(C(=O)Nc2[nH]c3ccccc3c2C(=O)Nc2ccc(CCCc3ccc(C(=O)O)cc3)cc2)c1. The molecule has 0 bridgehead atoms. The molecule has 0 aliphatic rings. The largest absolute Gasteiger partial charge is 0.478 e. The monoisotopic (exact) mass is 857 g/mol. The minimum Gasteiger partial charge on any atom is -0.478 e. The summed E-state index contributed by atoms with van der Waals surface area (Å²) in [4.78, 5) is 58.8. The molecule has 0 unspecified atom stereocenters. The number of H-pyrrole nitrogens is 1. The third kappa shape index (κ3) is 11.4. The number of carbonyl (C=O) groups excluding carboxylic acids is 3. The molecule has 5 aromatic carbocycles. The van der Waals surface area contributed by atoms with E-state index in [1.807, 2.05) is 78.9 Å². The van der Waals surface area contributed by atoms with Gasteiger partial charge in [-0.25, -0.2) is 4.79 Å². The predicted molar refractivity (Wildman–Crippen MR) is 241 cm³/mol. The van der Waals surface area contributed by atoms with E-state index < -0.39 is 22.0 Å². The topological polar surface area (TPSA) is 189 Å². The van der Waals surface area contributed by atoms with Crippen LogP contribution in [0, 0.1) is 0 Å². The van der Waals surface area contributed by atoms with Crippen LogP contribution in [0.5, 0.6) is 0 Å². The zero-order chi connectivity index (χ0) is 44.4. The molecule has 5 N–H and O–H groups in total. The van der Waals surface area contributed by atoms with E-state index in [4.69, 9.17) is 5.11 Å². The van der Waals surface area contributed by atoms with Gasteiger partial charge in [-0.15, -0.1) is 0 Å². The molecule has 3 amide bonds. The average Bonchev–Trinajstić information content (AvgIpc) is 3.64. The zero-order valence-electron chi connectivity index (χ0n) is 34.9. The summed E-state index contributed by atoms with van der Waals surface area (Å²) in [5, 5.41) is 15.7. The quantitative estimate of drug-likeness (QED) is 0.0497. The van der Waals surface area contributed by atoms with Gasteiger partial charge in [-0.1, -0.05) is 74.5 Å². The third-order valence-electron chi connectivity index (χ3n) is 11.0. The number of amides is 3. The Morgan fingerprint density at radius 2 is 1.34 bits per heavy atom. The second-order valence-electron chi connectivity index (χ2n) is 15.3. The number of aromatic amines is 1. The van der Waals surface area contributed by atoms with Gasteiger partial charge in [0.05, 0.1) is 16.0 Å². The van der Waals surface area contributed by atoms with Gasteiger partial charge in [-0.3, -0.25) is 23.8 Å². The van der Waals surface area contributed by atoms with E-state index in [9.17, 15) is 32.1 Å². The first-order valence-electron chi connectivity index (χ1n) is 20.5. The minimum atomic E-state index is -4.46. The molecule has 0 aliphatic carbocycles. The molecule has 0 fully saturated rings. The van der Waals surface area contributed by atoms with Crippen LogP contribution in [0.1, 0.15) is 91.2 Å². The number of hydrogen-bond acceptors (Lipinski definition) is 7. The van der Waals surface area contributed by atoms with Gasteiger partial charge >= 0.3 is 5.97 Å². The number of nitrogens with one attached hydrogen (secondary N) is 3. The number of aromatic nitrogens is 1. The van der Waals surface area contributed by atoms with Gasteiger partial charge < -0.3 is 25.6 Å². The van der Waals surface area contributed by atoms with Crippen molar-refractivity contribution in [3.8, 4) is 0 Å². The van der Waals surface area contributed by atoms with Crippen molar-refractivity contribution in [2.45, 2.75) is 63.4 Å². The normalized spacial score (nSPS) is 11.5. The van der Waals surface area contributed by atoms with Crippen LogP contribution in [0.15, 0.2) is 126 Å². The number of rotatable bonds is 19. The maximum Gasteiger partial charge on any atom is 0.335 e. The number of likely N-dealkylation sites (N-methyl/N-ethyl adjacent to an activating group) is 1. The second-order valence-corrected chi connectivity index (χ2v) is 16.7. The molecular weight excluding hydrogens is 807 g/mol. The summed E-state index contributed by atoms with van der Waals surface area (Å²) < 4.78 is 32.8. The van der Waals surface area contributed by atoms with Crippen LogP contribution in [0.2, 0.25) is 0 Å². The molecule has 1 heterocycles. The highest BCUT2D eigenvalue weighted by molar-refractivity contribution is 7.85. The average molecular weight is 858 g/mol. The maximum absolute atomic E-state index is 13.9. The van der Waals surface area contributed by atoms with E-state index in [0.717, 1.165) is 54.9 Å². The highest BCUT2D eigenvalue weighted by atomic mass is 32.2. The molecule has 0 aliphatic heterocycles. The fourth-order valence-electron chi connectivity index (χ4n) is 7.55. The van der Waals surface area contributed by atoms with Crippen molar-refractivity contribution in [2.24, 2.45) is 0 Å². The number of hydrogen-bond donors (Lipinski definition) is 5. The molecule has 0 spiro atoms. The molecule has 0 saturated carbocycles. The zero-order valence-corrected chi connectivity index (χ0v) is 35.7. The number of benzene rings is 5. The predicted octanol–water partition coefficient (Wildman–Crippen LogP) is 8.56. The summed E-state index contributed by atoms with van der Waals surface area (Å²) in [6.07, 6.45) is 4.20. The Morgan fingerprint density at radius 3 is 2.00 bits per heavy atom. The first-order valence-corrected chi connectivity index (χ1v) is 22.0. The molecule has 1 aromatic heterocycles. The second kappa shape index (κ2) is 20.3. The lowest BCUT2D eigenvalue weighted by atomic mass is 10.0. The lowest BCUT2D eigenvalue weighted by Gasteiger charge is -2.32. The lowest BCUT2D eigenvalue weighted by Crippen LogP contribution is -2.41. The number of anilines is 2. The van der Waals surface area contributed by atoms with Crippen molar-refractivity contribution in [1.82, 2.24) is 14.8 Å². The number of fused-ring (bicyclic) bond motifs is 1. The fourth-order valence-corrected chi connectivity index (χ4v) is 8.07. The van der Waals surface area contributed by atoms with Crippen LogP contribution >= 0.6 is 0 Å². The fraction of sp³-hybridized carbons (Fsp3) is 0.250. The number of nitrogens with zero attached hydrogens (tertiary/aromatic N) is 2. The number of aryl methyl sites for hydroxylation is 2. The van der Waals surface area contributed by atoms with E-state index in [0.29, 0.717) is 47.4 Å². The van der Waals surface area contributed by atoms with Crippen molar-refractivity contribution < 1.29 is 37.3 Å². The van der Waals surface area contributed by atoms with Crippen LogP contribution in [0.3, 0.4) is 0 Å². The van der Waals surface area contributed by atoms with E-state index in [2.05, 4.69) is 34.4 Å². The van der Waals surface area contributed by atoms with Crippen LogP contribution in [-0.4, -0.2) is 82.7 Å². The number of carboxylic acids is 1. The molecule has 0 saturated heterocycles. The van der Waals surface area contributed by atoms with Gasteiger partial charge in [0.25, 0.3) is 27.8 Å². The minimum absolute atomic E-state index is 0.147. The Morgan fingerprint density at radius 1 is 0.694 bits per heavy atom. The van der Waals surface area contributed by atoms with Crippen molar-refractivity contribution in [2.75, 3.05) is 30.8 Å². The van der Waals surface area contributed by atoms with Gasteiger partial charge in [-0.2, -0.15) is 8.42 Å². The summed E-state index contributed by atoms with van der Waals surface area (Å²) in [6.45, 7) is 5.54. The Balaban J connectivity index is 1.11. The molecule has 62 heavy (non-hydrogen) atoms. The molecule has 0 radical (unpaired) electrons. The molecule has 13 nitrogen and oxygen atoms in total. The van der Waals surface area contributed by atoms with Crippen molar-refractivity contribution in [3.05, 3.63) is 160 Å². The maximum atomic E-state index is 13.9. The summed E-state index contributed by atoms with van der Waals surface area (Å²) in [5.74, 6) is -1.85. The van der Waals surface area contributed by atoms with E-state index in [1.165, 1.54) is 23.1 Å². The highest BCUT2D eigenvalue weighted by Gasteiger charge is 2.23. The number of para-hydroxylation sites is 1. The molecule has 14 heteroatoms. The Bertz CT molecular complexity index is 2660. The summed E-state index contributed by atoms with van der Waals surface area (Å²) >= 11 is 0. The number of carboxylic acid groups (broad SMARTS) is 1. The molecule has 322 valence electrons. The summed E-state index contributed by atoms with van der Waals surface area (Å²) in [5.41, 5.74) is 5.44. The highest BCUT2D eigenvalue weighted by Crippen LogP contribution is 2.28. The molecular formula is C48H51N5O8S. The van der Waals surface area contributed by atoms with E-state index in [-0.39, 0.29) is 39.7 Å². The van der Waals surface area contributed by atoms with Crippen molar-refractivity contribution in [1.29, 1.82) is 0 Å². The Hall–Kier alpha value is -6.61. The van der Waals surface area contributed by atoms with Gasteiger partial charge in [0.15, 0.2) is 0 Å². The first kappa shape index (κ1) is 44.9. The van der Waals surface area contributed by atoms with Crippen LogP contribution < -0.4 is 10.6 Å². The standard InChI is InChI=1S/C48H51N5O8S/c1-4-39(5-2)53(28-27-52(3)47(56)37-15-10-16-40(30-37)62(59,60)61)31-34-13-9-14-36(29-34)45(54)51-44-43(41-17-6-7-18-42(41)50-44)46(55)49-38-25-21-33(22-26-38)12-8-11-32-19-23-35(24-20-32)48(57)58/h6-7,9-10,13-26,29-30,39,50H,4-5,8,11-12,27-28,31H2,1-3H3,(H,49,55)(H,51,54)(H,57,58)(H,59,60,61). The summed E-state index contributed by atoms with van der Waals surface area (Å²) in [6, 6.07) is 34.6. The van der Waals surface area contributed by atoms with Crippen LogP contribution in [-0.2, 0) is 29.5 Å². The smallest absolute Gasteiger partial charge is 0.335 e. The third-order valence-corrected chi connectivity index (χ3v) is 11.8. The van der Waals surface area contributed by atoms with Crippen LogP contribution in [0.25, 0.3) is 10.9 Å². The van der Waals surface area contributed by atoms with Gasteiger partial charge in [0.2, 0.25) is 0 Å². The molecule has 6 rings (SSSR count). The van der Waals surface area contributed by atoms with Crippen LogP contribution in [0.4, 0.5) is 11.5 Å². The van der Waals surface area contributed by atoms with E-state index >= 15 is 0 Å². The number of aromatic carboxylic acids is 1. The Kier molecular flexibility index (Phi) is 14.7. The summed E-state index contributed by atoms with van der Waals surface area (Å²) in [7, 11) is -2.82. The van der Waals surface area contributed by atoms with Crippen molar-refractivity contribution >= 4 is 56.2 Å². The Labute approximate surface area is 361 Å². The van der Waals surface area contributed by atoms with Gasteiger partial charge in [0, 0.05) is 60.4 Å². The van der Waals surface area contributed by atoms with E-state index in [1.54, 1.807) is 25.2 Å². The molecule has 0 atom stereocenters. The van der Waals surface area contributed by atoms with Gasteiger partial charge in [0.1, 0.15) is 5.82 Å². The molecule has 6 aromatic rings.